The summed E-state index contributed by atoms with van der Waals surface area (Å²) in [5.41, 5.74) is 2.44. The molecular formula is C15H23NO3S. The maximum Gasteiger partial charge on any atom is 0.243 e. The number of aryl methyl sites for hydroxylation is 2. The summed E-state index contributed by atoms with van der Waals surface area (Å²) in [4.78, 5) is 0.361. The second kappa shape index (κ2) is 6.70. The summed E-state index contributed by atoms with van der Waals surface area (Å²) in [5.74, 6) is 0. The van der Waals surface area contributed by atoms with E-state index < -0.39 is 10.0 Å². The minimum absolute atomic E-state index is 0.149. The molecule has 0 amide bonds. The number of benzene rings is 1. The minimum atomic E-state index is -3.49. The number of fused-ring (bicyclic) bond motifs is 1. The molecule has 0 radical (unpaired) electrons. The molecule has 5 heteroatoms. The lowest BCUT2D eigenvalue weighted by Gasteiger charge is -2.22. The van der Waals surface area contributed by atoms with E-state index in [1.165, 1.54) is 16.3 Å². The molecule has 0 saturated carbocycles. The average molecular weight is 297 g/mol. The van der Waals surface area contributed by atoms with Crippen molar-refractivity contribution in [2.75, 3.05) is 19.7 Å². The maximum atomic E-state index is 12.6. The van der Waals surface area contributed by atoms with Gasteiger partial charge in [0, 0.05) is 13.1 Å². The molecule has 0 bridgehead atoms. The quantitative estimate of drug-likeness (QED) is 0.873. The Bertz CT molecular complexity index is 548. The Balaban J connectivity index is 2.32. The number of nitrogens with zero attached hydrogens (tertiary/aromatic N) is 1. The van der Waals surface area contributed by atoms with Crippen LogP contribution in [0.25, 0.3) is 0 Å². The Morgan fingerprint density at radius 2 is 1.85 bits per heavy atom. The first-order chi connectivity index (χ1) is 9.59. The molecular weight excluding hydrogens is 274 g/mol. The molecule has 20 heavy (non-hydrogen) atoms. The molecule has 0 unspecified atom stereocenters. The molecule has 1 N–H and O–H groups in total. The average Bonchev–Trinajstić information content (AvgIpc) is 2.46. The van der Waals surface area contributed by atoms with Crippen LogP contribution in [0.5, 0.6) is 0 Å². The first-order valence-corrected chi connectivity index (χ1v) is 8.76. The zero-order valence-corrected chi connectivity index (χ0v) is 12.8. The molecule has 1 aromatic carbocycles. The van der Waals surface area contributed by atoms with E-state index in [9.17, 15) is 8.42 Å². The van der Waals surface area contributed by atoms with Crippen molar-refractivity contribution in [1.82, 2.24) is 4.31 Å². The van der Waals surface area contributed by atoms with Crippen LogP contribution in [0.15, 0.2) is 23.1 Å². The molecule has 2 rings (SSSR count). The van der Waals surface area contributed by atoms with E-state index in [1.54, 1.807) is 6.07 Å². The molecule has 112 valence electrons. The third-order valence-corrected chi connectivity index (χ3v) is 5.67. The predicted molar refractivity (Wildman–Crippen MR) is 79.2 cm³/mol. The van der Waals surface area contributed by atoms with Crippen molar-refractivity contribution in [1.29, 1.82) is 0 Å². The van der Waals surface area contributed by atoms with Gasteiger partial charge in [-0.25, -0.2) is 8.42 Å². The number of rotatable bonds is 6. The lowest BCUT2D eigenvalue weighted by molar-refractivity contribution is 0.253. The van der Waals surface area contributed by atoms with E-state index in [0.717, 1.165) is 31.2 Å². The summed E-state index contributed by atoms with van der Waals surface area (Å²) in [6.07, 6.45) is 5.07. The molecule has 1 aliphatic rings. The molecule has 0 saturated heterocycles. The van der Waals surface area contributed by atoms with Gasteiger partial charge in [0.2, 0.25) is 10.0 Å². The van der Waals surface area contributed by atoms with Crippen molar-refractivity contribution in [3.05, 3.63) is 29.3 Å². The highest BCUT2D eigenvalue weighted by atomic mass is 32.2. The van der Waals surface area contributed by atoms with E-state index in [2.05, 4.69) is 0 Å². The monoisotopic (exact) mass is 297 g/mol. The SMILES string of the molecule is CCCN(CCO)S(=O)(=O)c1ccc2c(c1)CCCC2. The van der Waals surface area contributed by atoms with Gasteiger partial charge in [0.1, 0.15) is 0 Å². The standard InChI is InChI=1S/C15H23NO3S/c1-2-9-16(10-11-17)20(18,19)15-8-7-13-5-3-4-6-14(13)12-15/h7-8,12,17H,2-6,9-11H2,1H3. The van der Waals surface area contributed by atoms with Crippen molar-refractivity contribution in [2.24, 2.45) is 0 Å². The summed E-state index contributed by atoms with van der Waals surface area (Å²) in [5, 5.41) is 9.06. The van der Waals surface area contributed by atoms with E-state index in [1.807, 2.05) is 19.1 Å². The fourth-order valence-corrected chi connectivity index (χ4v) is 4.31. The Hall–Kier alpha value is -0.910. The highest BCUT2D eigenvalue weighted by molar-refractivity contribution is 7.89. The van der Waals surface area contributed by atoms with Gasteiger partial charge in [-0.2, -0.15) is 4.31 Å². The van der Waals surface area contributed by atoms with Crippen LogP contribution >= 0.6 is 0 Å². The third kappa shape index (κ3) is 3.22. The fourth-order valence-electron chi connectivity index (χ4n) is 2.73. The van der Waals surface area contributed by atoms with Crippen LogP contribution in [0.1, 0.15) is 37.3 Å². The molecule has 0 heterocycles. The zero-order valence-electron chi connectivity index (χ0n) is 12.0. The third-order valence-electron chi connectivity index (χ3n) is 3.78. The Kier molecular flexibility index (Phi) is 5.18. The number of sulfonamides is 1. The lowest BCUT2D eigenvalue weighted by Crippen LogP contribution is -2.34. The Morgan fingerprint density at radius 3 is 2.50 bits per heavy atom. The summed E-state index contributed by atoms with van der Waals surface area (Å²) in [6.45, 7) is 2.39. The zero-order chi connectivity index (χ0) is 14.6. The largest absolute Gasteiger partial charge is 0.395 e. The minimum Gasteiger partial charge on any atom is -0.395 e. The first-order valence-electron chi connectivity index (χ1n) is 7.32. The van der Waals surface area contributed by atoms with E-state index in [0.29, 0.717) is 11.4 Å². The summed E-state index contributed by atoms with van der Waals surface area (Å²) < 4.78 is 26.6. The Morgan fingerprint density at radius 1 is 1.15 bits per heavy atom. The summed E-state index contributed by atoms with van der Waals surface area (Å²) in [7, 11) is -3.49. The summed E-state index contributed by atoms with van der Waals surface area (Å²) in [6, 6.07) is 5.48. The van der Waals surface area contributed by atoms with E-state index >= 15 is 0 Å². The maximum absolute atomic E-state index is 12.6. The number of hydrogen-bond acceptors (Lipinski definition) is 3. The van der Waals surface area contributed by atoms with Crippen molar-refractivity contribution in [2.45, 2.75) is 43.9 Å². The fraction of sp³-hybridized carbons (Fsp3) is 0.600. The highest BCUT2D eigenvalue weighted by Crippen LogP contribution is 2.25. The second-order valence-corrected chi connectivity index (χ2v) is 7.20. The number of hydrogen-bond donors (Lipinski definition) is 1. The van der Waals surface area contributed by atoms with Gasteiger partial charge in [-0.3, -0.25) is 0 Å². The highest BCUT2D eigenvalue weighted by Gasteiger charge is 2.24. The molecule has 1 aliphatic carbocycles. The van der Waals surface area contributed by atoms with Crippen molar-refractivity contribution in [3.63, 3.8) is 0 Å². The van der Waals surface area contributed by atoms with Gasteiger partial charge < -0.3 is 5.11 Å². The van der Waals surface area contributed by atoms with Gasteiger partial charge in [-0.15, -0.1) is 0 Å². The summed E-state index contributed by atoms with van der Waals surface area (Å²) >= 11 is 0. The molecule has 4 nitrogen and oxygen atoms in total. The van der Waals surface area contributed by atoms with Crippen molar-refractivity contribution in [3.8, 4) is 0 Å². The van der Waals surface area contributed by atoms with Gasteiger partial charge in [-0.1, -0.05) is 13.0 Å². The first kappa shape index (κ1) is 15.5. The normalized spacial score (nSPS) is 15.3. The van der Waals surface area contributed by atoms with Gasteiger partial charge >= 0.3 is 0 Å². The molecule has 1 aromatic rings. The second-order valence-electron chi connectivity index (χ2n) is 5.27. The number of aliphatic hydroxyl groups is 1. The van der Waals surface area contributed by atoms with Crippen LogP contribution in [0.4, 0.5) is 0 Å². The molecule has 0 atom stereocenters. The van der Waals surface area contributed by atoms with E-state index in [-0.39, 0.29) is 13.2 Å². The topological polar surface area (TPSA) is 57.6 Å². The van der Waals surface area contributed by atoms with Crippen LogP contribution in [0, 0.1) is 0 Å². The lowest BCUT2D eigenvalue weighted by atomic mass is 9.92. The molecule has 0 aromatic heterocycles. The smallest absolute Gasteiger partial charge is 0.243 e. The van der Waals surface area contributed by atoms with Crippen LogP contribution in [0.3, 0.4) is 0 Å². The molecule has 0 spiro atoms. The van der Waals surface area contributed by atoms with Gasteiger partial charge in [-0.05, 0) is 55.4 Å². The van der Waals surface area contributed by atoms with Gasteiger partial charge in [0.05, 0.1) is 11.5 Å². The predicted octanol–water partition coefficient (Wildman–Crippen LogP) is 1.96. The number of aliphatic hydroxyl groups excluding tert-OH is 1. The van der Waals surface area contributed by atoms with Gasteiger partial charge in [0.15, 0.2) is 0 Å². The van der Waals surface area contributed by atoms with Crippen LogP contribution in [-0.4, -0.2) is 37.5 Å². The van der Waals surface area contributed by atoms with Crippen molar-refractivity contribution < 1.29 is 13.5 Å². The van der Waals surface area contributed by atoms with Crippen LogP contribution in [0.2, 0.25) is 0 Å². The Labute approximate surface area is 121 Å². The van der Waals surface area contributed by atoms with E-state index in [4.69, 9.17) is 5.11 Å². The van der Waals surface area contributed by atoms with Crippen molar-refractivity contribution >= 4 is 10.0 Å². The van der Waals surface area contributed by atoms with Gasteiger partial charge in [0.25, 0.3) is 0 Å². The molecule has 0 fully saturated rings. The van der Waals surface area contributed by atoms with Crippen LogP contribution in [-0.2, 0) is 22.9 Å². The molecule has 0 aliphatic heterocycles. The van der Waals surface area contributed by atoms with Crippen LogP contribution < -0.4 is 0 Å².